The molecule has 4 aromatic rings. The van der Waals surface area contributed by atoms with E-state index in [0.717, 1.165) is 51.2 Å². The summed E-state index contributed by atoms with van der Waals surface area (Å²) in [5.74, 6) is 2.03. The number of nitrogens with zero attached hydrogens (tertiary/aromatic N) is 4. The first-order valence-corrected chi connectivity index (χ1v) is 11.3. The number of hydrogen-bond acceptors (Lipinski definition) is 6. The van der Waals surface area contributed by atoms with E-state index in [1.54, 1.807) is 11.3 Å². The fraction of sp³-hybridized carbons (Fsp3) is 0.333. The number of aromatic nitrogens is 4. The number of rotatable bonds is 4. The summed E-state index contributed by atoms with van der Waals surface area (Å²) < 4.78 is 2.01. The second kappa shape index (κ2) is 6.97. The normalized spacial score (nSPS) is 16.6. The zero-order chi connectivity index (χ0) is 19.3. The lowest BCUT2D eigenvalue weighted by Gasteiger charge is -2.17. The number of hydrogen-bond donors (Lipinski definition) is 0. The minimum atomic E-state index is 0.0935. The van der Waals surface area contributed by atoms with Crippen LogP contribution in [-0.2, 0) is 12.8 Å². The van der Waals surface area contributed by atoms with Crippen molar-refractivity contribution in [1.29, 1.82) is 0 Å². The zero-order valence-electron chi connectivity index (χ0n) is 15.8. The number of thioether (sulfide) groups is 1. The Morgan fingerprint density at radius 3 is 2.93 bits per heavy atom. The number of thiophene rings is 1. The summed E-state index contributed by atoms with van der Waals surface area (Å²) in [6, 6.07) is 9.38. The maximum Gasteiger partial charge on any atom is 0.197 e. The summed E-state index contributed by atoms with van der Waals surface area (Å²) in [5.41, 5.74) is 3.01. The van der Waals surface area contributed by atoms with E-state index in [0.29, 0.717) is 5.75 Å². The molecule has 0 spiro atoms. The van der Waals surface area contributed by atoms with E-state index in [1.807, 2.05) is 41.7 Å². The quantitative estimate of drug-likeness (QED) is 0.360. The molecule has 1 aliphatic carbocycles. The fourth-order valence-corrected chi connectivity index (χ4v) is 6.19. The lowest BCUT2D eigenvalue weighted by molar-refractivity contribution is 0.102. The Morgan fingerprint density at radius 1 is 1.29 bits per heavy atom. The highest BCUT2D eigenvalue weighted by Crippen LogP contribution is 2.39. The van der Waals surface area contributed by atoms with Crippen molar-refractivity contribution in [2.45, 2.75) is 38.3 Å². The van der Waals surface area contributed by atoms with Gasteiger partial charge in [-0.05, 0) is 37.7 Å². The molecule has 0 amide bonds. The molecule has 0 bridgehead atoms. The van der Waals surface area contributed by atoms with Gasteiger partial charge in [0.15, 0.2) is 16.6 Å². The third-order valence-corrected chi connectivity index (χ3v) is 7.44. The lowest BCUT2D eigenvalue weighted by Crippen LogP contribution is -2.09. The number of carbonyl (C=O) groups excluding carboxylic acids is 1. The monoisotopic (exact) mass is 408 g/mol. The minimum Gasteiger partial charge on any atom is -0.293 e. The van der Waals surface area contributed by atoms with Crippen LogP contribution >= 0.6 is 23.1 Å². The summed E-state index contributed by atoms with van der Waals surface area (Å²) in [4.78, 5) is 19.8. The minimum absolute atomic E-state index is 0.0935. The summed E-state index contributed by atoms with van der Waals surface area (Å²) in [6.45, 7) is 4.30. The number of fused-ring (bicyclic) bond motifs is 5. The van der Waals surface area contributed by atoms with Crippen LogP contribution in [0.1, 0.15) is 40.0 Å². The Morgan fingerprint density at radius 2 is 2.11 bits per heavy atom. The third kappa shape index (κ3) is 2.93. The second-order valence-corrected chi connectivity index (χ2v) is 9.44. The Bertz CT molecular complexity index is 1200. The molecule has 28 heavy (non-hydrogen) atoms. The van der Waals surface area contributed by atoms with Crippen LogP contribution in [0.2, 0.25) is 0 Å². The molecular weight excluding hydrogens is 388 g/mol. The van der Waals surface area contributed by atoms with Crippen LogP contribution in [-0.4, -0.2) is 31.1 Å². The largest absolute Gasteiger partial charge is 0.293 e. The highest BCUT2D eigenvalue weighted by atomic mass is 32.2. The molecule has 1 atom stereocenters. The number of ketones is 1. The molecule has 0 saturated heterocycles. The van der Waals surface area contributed by atoms with Crippen molar-refractivity contribution < 1.29 is 4.79 Å². The molecule has 1 aliphatic rings. The van der Waals surface area contributed by atoms with E-state index in [9.17, 15) is 4.79 Å². The molecule has 0 radical (unpaired) electrons. The van der Waals surface area contributed by atoms with Crippen molar-refractivity contribution in [2.24, 2.45) is 5.92 Å². The maximum atomic E-state index is 12.5. The van der Waals surface area contributed by atoms with Crippen molar-refractivity contribution >= 4 is 44.7 Å². The first-order chi connectivity index (χ1) is 13.6. The van der Waals surface area contributed by atoms with E-state index in [4.69, 9.17) is 4.98 Å². The number of Topliss-reactive ketones (excluding diaryl/α,β-unsaturated/α-hetero) is 1. The van der Waals surface area contributed by atoms with Gasteiger partial charge in [0.25, 0.3) is 0 Å². The van der Waals surface area contributed by atoms with E-state index in [1.165, 1.54) is 28.6 Å². The first kappa shape index (κ1) is 17.8. The summed E-state index contributed by atoms with van der Waals surface area (Å²) in [6.07, 6.45) is 3.42. The molecular formula is C21H20N4OS2. The van der Waals surface area contributed by atoms with Crippen LogP contribution in [0.3, 0.4) is 0 Å². The van der Waals surface area contributed by atoms with E-state index in [2.05, 4.69) is 17.1 Å². The van der Waals surface area contributed by atoms with Crippen LogP contribution < -0.4 is 0 Å². The van der Waals surface area contributed by atoms with Gasteiger partial charge in [-0.15, -0.1) is 21.5 Å². The van der Waals surface area contributed by atoms with Gasteiger partial charge in [0.05, 0.1) is 11.1 Å². The number of carbonyl (C=O) groups is 1. The molecule has 5 rings (SSSR count). The van der Waals surface area contributed by atoms with Gasteiger partial charge in [0.1, 0.15) is 10.7 Å². The van der Waals surface area contributed by atoms with Gasteiger partial charge in [0, 0.05) is 10.4 Å². The molecule has 0 N–H and O–H groups in total. The Labute approximate surface area is 171 Å². The molecule has 1 aromatic carbocycles. The Hall–Kier alpha value is -2.25. The highest BCUT2D eigenvalue weighted by molar-refractivity contribution is 7.99. The van der Waals surface area contributed by atoms with Crippen molar-refractivity contribution in [3.8, 4) is 0 Å². The first-order valence-electron chi connectivity index (χ1n) is 9.49. The van der Waals surface area contributed by atoms with Gasteiger partial charge in [-0.2, -0.15) is 0 Å². The summed E-state index contributed by atoms with van der Waals surface area (Å²) >= 11 is 3.23. The van der Waals surface area contributed by atoms with E-state index in [-0.39, 0.29) is 5.78 Å². The van der Waals surface area contributed by atoms with Crippen molar-refractivity contribution in [2.75, 3.05) is 5.75 Å². The van der Waals surface area contributed by atoms with E-state index >= 15 is 0 Å². The number of aryl methyl sites for hydroxylation is 2. The van der Waals surface area contributed by atoms with Gasteiger partial charge in [-0.1, -0.05) is 49.0 Å². The number of benzene rings is 1. The highest BCUT2D eigenvalue weighted by Gasteiger charge is 2.25. The van der Waals surface area contributed by atoms with Crippen LogP contribution in [0.5, 0.6) is 0 Å². The van der Waals surface area contributed by atoms with Crippen LogP contribution in [0.25, 0.3) is 15.9 Å². The molecule has 7 heteroatoms. The average molecular weight is 409 g/mol. The van der Waals surface area contributed by atoms with Crippen molar-refractivity contribution in [3.63, 3.8) is 0 Å². The molecule has 0 unspecified atom stereocenters. The smallest absolute Gasteiger partial charge is 0.197 e. The Balaban J connectivity index is 1.53. The van der Waals surface area contributed by atoms with Gasteiger partial charge in [-0.3, -0.25) is 9.20 Å². The topological polar surface area (TPSA) is 60.2 Å². The van der Waals surface area contributed by atoms with Gasteiger partial charge in [0.2, 0.25) is 0 Å². The lowest BCUT2D eigenvalue weighted by atomic mass is 9.89. The molecule has 3 aromatic heterocycles. The molecule has 0 aliphatic heterocycles. The van der Waals surface area contributed by atoms with Gasteiger partial charge < -0.3 is 0 Å². The predicted octanol–water partition coefficient (Wildman–Crippen LogP) is 4.75. The summed E-state index contributed by atoms with van der Waals surface area (Å²) in [5, 5.41) is 10.8. The Kier molecular flexibility index (Phi) is 4.44. The molecule has 0 saturated carbocycles. The average Bonchev–Trinajstić information content (AvgIpc) is 3.27. The molecule has 0 fully saturated rings. The third-order valence-electron chi connectivity index (χ3n) is 5.37. The predicted molar refractivity (Wildman–Crippen MR) is 114 cm³/mol. The van der Waals surface area contributed by atoms with E-state index < -0.39 is 0 Å². The maximum absolute atomic E-state index is 12.5. The molecule has 142 valence electrons. The summed E-state index contributed by atoms with van der Waals surface area (Å²) in [7, 11) is 0. The van der Waals surface area contributed by atoms with Gasteiger partial charge in [-0.25, -0.2) is 4.98 Å². The SMILES string of the molecule is Cc1nc2sc3c(c2c2nnc(SCC(=O)c4ccccc4)n12)CC[C@@H](C)C3. The molecule has 5 nitrogen and oxygen atoms in total. The standard InChI is InChI=1S/C21H20N4OS2/c1-12-8-9-15-17(10-12)28-20-18(15)19-23-24-21(25(19)13(2)22-20)27-11-16(26)14-6-4-3-5-7-14/h3-7,12H,8-11H2,1-2H3/t12-/m1/s1. The fourth-order valence-electron chi connectivity index (χ4n) is 3.90. The van der Waals surface area contributed by atoms with Crippen LogP contribution in [0.4, 0.5) is 0 Å². The van der Waals surface area contributed by atoms with Crippen LogP contribution in [0, 0.1) is 12.8 Å². The van der Waals surface area contributed by atoms with Gasteiger partial charge >= 0.3 is 0 Å². The van der Waals surface area contributed by atoms with Crippen LogP contribution in [0.15, 0.2) is 35.5 Å². The van der Waals surface area contributed by atoms with Crippen molar-refractivity contribution in [3.05, 3.63) is 52.2 Å². The second-order valence-electron chi connectivity index (χ2n) is 7.41. The zero-order valence-corrected chi connectivity index (χ0v) is 17.4. The molecule has 3 heterocycles. The van der Waals surface area contributed by atoms with Crippen molar-refractivity contribution in [1.82, 2.24) is 19.6 Å².